The van der Waals surface area contributed by atoms with E-state index in [-0.39, 0.29) is 30.1 Å². The summed E-state index contributed by atoms with van der Waals surface area (Å²) >= 11 is 1.72. The number of carbonyl (C=O) groups excluding carboxylic acids is 1. The monoisotopic (exact) mass is 481 g/mol. The van der Waals surface area contributed by atoms with Crippen molar-refractivity contribution in [1.29, 1.82) is 0 Å². The highest BCUT2D eigenvalue weighted by Crippen LogP contribution is 2.10. The number of guanidine groups is 1. The van der Waals surface area contributed by atoms with Gasteiger partial charge in [-0.2, -0.15) is 0 Å². The Hall–Kier alpha value is -1.10. The van der Waals surface area contributed by atoms with Crippen molar-refractivity contribution in [3.63, 3.8) is 0 Å². The Morgan fingerprint density at radius 3 is 2.60 bits per heavy atom. The molecule has 0 aliphatic carbocycles. The Morgan fingerprint density at radius 2 is 2.04 bits per heavy atom. The molecule has 1 aliphatic heterocycles. The molecule has 25 heavy (non-hydrogen) atoms. The molecular weight excluding hydrogens is 453 g/mol. The topological polar surface area (TPSA) is 70.1 Å². The summed E-state index contributed by atoms with van der Waals surface area (Å²) < 4.78 is 5.04. The van der Waals surface area contributed by atoms with Gasteiger partial charge >= 0.3 is 6.09 Å². The number of hydrogen-bond donors (Lipinski definition) is 1. The summed E-state index contributed by atoms with van der Waals surface area (Å²) in [6, 6.07) is 0. The number of aromatic nitrogens is 1. The van der Waals surface area contributed by atoms with Gasteiger partial charge < -0.3 is 19.9 Å². The van der Waals surface area contributed by atoms with E-state index in [9.17, 15) is 4.79 Å². The molecule has 0 saturated carbocycles. The molecule has 1 aromatic rings. The fourth-order valence-corrected chi connectivity index (χ4v) is 3.42. The molecule has 1 aliphatic rings. The Kier molecular flexibility index (Phi) is 10.1. The lowest BCUT2D eigenvalue weighted by Crippen LogP contribution is -2.54. The summed E-state index contributed by atoms with van der Waals surface area (Å²) in [4.78, 5) is 24.5. The average Bonchev–Trinajstić information content (AvgIpc) is 3.01. The van der Waals surface area contributed by atoms with E-state index in [4.69, 9.17) is 4.74 Å². The minimum Gasteiger partial charge on any atom is -0.450 e. The standard InChI is InChI=1S/C16H27N5O2S.HI/c1-4-23-16(22)21-10-8-20(9-11-21)15(17-3)18-7-5-6-14-19-13(2)12-24-14;/h12H,4-11H2,1-3H3,(H,17,18);1H. The summed E-state index contributed by atoms with van der Waals surface area (Å²) in [5.74, 6) is 0.897. The van der Waals surface area contributed by atoms with Crippen molar-refractivity contribution in [2.24, 2.45) is 4.99 Å². The summed E-state index contributed by atoms with van der Waals surface area (Å²) in [7, 11) is 1.80. The first kappa shape index (κ1) is 21.9. The van der Waals surface area contributed by atoms with Gasteiger partial charge in [-0.3, -0.25) is 4.99 Å². The molecular formula is C16H28IN5O2S. The first-order valence-corrected chi connectivity index (χ1v) is 9.30. The van der Waals surface area contributed by atoms with Gasteiger partial charge in [-0.25, -0.2) is 9.78 Å². The minimum absolute atomic E-state index is 0. The molecule has 0 bridgehead atoms. The van der Waals surface area contributed by atoms with Crippen molar-refractivity contribution in [2.45, 2.75) is 26.7 Å². The van der Waals surface area contributed by atoms with Gasteiger partial charge in [0, 0.05) is 57.3 Å². The van der Waals surface area contributed by atoms with Crippen LogP contribution in [0.25, 0.3) is 0 Å². The number of rotatable bonds is 5. The van der Waals surface area contributed by atoms with Crippen LogP contribution in [0.5, 0.6) is 0 Å². The van der Waals surface area contributed by atoms with E-state index < -0.39 is 0 Å². The van der Waals surface area contributed by atoms with Crippen LogP contribution in [0, 0.1) is 6.92 Å². The van der Waals surface area contributed by atoms with Gasteiger partial charge in [-0.05, 0) is 20.3 Å². The molecule has 0 aromatic carbocycles. The van der Waals surface area contributed by atoms with E-state index in [2.05, 4.69) is 25.6 Å². The zero-order valence-corrected chi connectivity index (χ0v) is 18.3. The number of aliphatic imine (C=N–C) groups is 1. The van der Waals surface area contributed by atoms with Gasteiger partial charge in [-0.1, -0.05) is 0 Å². The molecule has 142 valence electrons. The van der Waals surface area contributed by atoms with Crippen LogP contribution in [-0.4, -0.2) is 73.2 Å². The zero-order chi connectivity index (χ0) is 17.4. The predicted molar refractivity (Wildman–Crippen MR) is 112 cm³/mol. The van der Waals surface area contributed by atoms with Crippen molar-refractivity contribution in [3.05, 3.63) is 16.1 Å². The van der Waals surface area contributed by atoms with Crippen LogP contribution in [0.4, 0.5) is 4.79 Å². The van der Waals surface area contributed by atoms with Crippen LogP contribution >= 0.6 is 35.3 Å². The maximum absolute atomic E-state index is 11.7. The molecule has 1 fully saturated rings. The summed E-state index contributed by atoms with van der Waals surface area (Å²) in [5.41, 5.74) is 1.10. The number of hydrogen-bond acceptors (Lipinski definition) is 5. The van der Waals surface area contributed by atoms with Crippen LogP contribution in [-0.2, 0) is 11.2 Å². The van der Waals surface area contributed by atoms with Crippen LogP contribution in [0.2, 0.25) is 0 Å². The molecule has 2 rings (SSSR count). The smallest absolute Gasteiger partial charge is 0.409 e. The highest BCUT2D eigenvalue weighted by molar-refractivity contribution is 14.0. The number of nitrogens with one attached hydrogen (secondary N) is 1. The van der Waals surface area contributed by atoms with Crippen molar-refractivity contribution in [3.8, 4) is 0 Å². The number of amides is 1. The zero-order valence-electron chi connectivity index (χ0n) is 15.2. The quantitative estimate of drug-likeness (QED) is 0.303. The van der Waals surface area contributed by atoms with Gasteiger partial charge in [0.25, 0.3) is 0 Å². The van der Waals surface area contributed by atoms with Crippen LogP contribution in [0.1, 0.15) is 24.0 Å². The summed E-state index contributed by atoms with van der Waals surface area (Å²) in [6.45, 7) is 8.00. The highest BCUT2D eigenvalue weighted by atomic mass is 127. The third-order valence-corrected chi connectivity index (χ3v) is 4.86. The van der Waals surface area contributed by atoms with Crippen LogP contribution in [0.15, 0.2) is 10.4 Å². The fourth-order valence-electron chi connectivity index (χ4n) is 2.61. The third kappa shape index (κ3) is 6.96. The van der Waals surface area contributed by atoms with Gasteiger partial charge in [-0.15, -0.1) is 35.3 Å². The Labute approximate surface area is 170 Å². The Morgan fingerprint density at radius 1 is 1.36 bits per heavy atom. The van der Waals surface area contributed by atoms with Crippen molar-refractivity contribution in [1.82, 2.24) is 20.1 Å². The first-order chi connectivity index (χ1) is 11.6. The van der Waals surface area contributed by atoms with Crippen molar-refractivity contribution >= 4 is 47.4 Å². The van der Waals surface area contributed by atoms with E-state index in [1.165, 1.54) is 5.01 Å². The van der Waals surface area contributed by atoms with Crippen molar-refractivity contribution in [2.75, 3.05) is 46.4 Å². The molecule has 1 saturated heterocycles. The number of carbonyl (C=O) groups is 1. The number of thiazole rings is 1. The normalized spacial score (nSPS) is 14.9. The maximum Gasteiger partial charge on any atom is 0.409 e. The number of nitrogens with zero attached hydrogens (tertiary/aromatic N) is 4. The lowest BCUT2D eigenvalue weighted by molar-refractivity contribution is 0.0914. The van der Waals surface area contributed by atoms with Gasteiger partial charge in [0.2, 0.25) is 0 Å². The molecule has 0 unspecified atom stereocenters. The fraction of sp³-hybridized carbons (Fsp3) is 0.688. The second-order valence-electron chi connectivity index (χ2n) is 5.63. The van der Waals surface area contributed by atoms with Gasteiger partial charge in [0.15, 0.2) is 5.96 Å². The lowest BCUT2D eigenvalue weighted by atomic mass is 10.3. The number of piperazine rings is 1. The largest absolute Gasteiger partial charge is 0.450 e. The van der Waals surface area contributed by atoms with Crippen molar-refractivity contribution < 1.29 is 9.53 Å². The third-order valence-electron chi connectivity index (χ3n) is 3.83. The van der Waals surface area contributed by atoms with Crippen LogP contribution < -0.4 is 5.32 Å². The highest BCUT2D eigenvalue weighted by Gasteiger charge is 2.23. The second-order valence-corrected chi connectivity index (χ2v) is 6.58. The van der Waals surface area contributed by atoms with E-state index in [0.717, 1.165) is 44.1 Å². The first-order valence-electron chi connectivity index (χ1n) is 8.42. The number of ether oxygens (including phenoxy) is 1. The summed E-state index contributed by atoms with van der Waals surface area (Å²) in [5, 5.41) is 6.68. The molecule has 2 heterocycles. The molecule has 1 amide bonds. The van der Waals surface area contributed by atoms with Gasteiger partial charge in [0.05, 0.1) is 11.6 Å². The molecule has 7 nitrogen and oxygen atoms in total. The van der Waals surface area contributed by atoms with E-state index >= 15 is 0 Å². The Bertz CT molecular complexity index is 558. The minimum atomic E-state index is -0.223. The second kappa shape index (κ2) is 11.5. The van der Waals surface area contributed by atoms with E-state index in [1.54, 1.807) is 23.3 Å². The number of halogens is 1. The van der Waals surface area contributed by atoms with Gasteiger partial charge in [0.1, 0.15) is 0 Å². The molecule has 0 spiro atoms. The van der Waals surface area contributed by atoms with E-state index in [1.807, 2.05) is 13.8 Å². The summed E-state index contributed by atoms with van der Waals surface area (Å²) in [6.07, 6.45) is 1.78. The lowest BCUT2D eigenvalue weighted by Gasteiger charge is -2.35. The molecule has 0 radical (unpaired) electrons. The predicted octanol–water partition coefficient (Wildman–Crippen LogP) is 2.35. The molecule has 9 heteroatoms. The maximum atomic E-state index is 11.7. The Balaban J connectivity index is 0.00000312. The average molecular weight is 481 g/mol. The van der Waals surface area contributed by atoms with E-state index in [0.29, 0.717) is 19.7 Å². The molecule has 0 atom stereocenters. The number of aryl methyl sites for hydroxylation is 2. The van der Waals surface area contributed by atoms with Crippen LogP contribution in [0.3, 0.4) is 0 Å². The molecule has 1 N–H and O–H groups in total. The molecule has 1 aromatic heterocycles. The SMILES string of the molecule is CCOC(=O)N1CCN(C(=NC)NCCCc2nc(C)cs2)CC1.I.